The van der Waals surface area contributed by atoms with Crippen LogP contribution in [-0.4, -0.2) is 34.6 Å². The maximum absolute atomic E-state index is 13.5. The Kier molecular flexibility index (Phi) is 4.81. The maximum Gasteiger partial charge on any atom is 0.139 e. The van der Waals surface area contributed by atoms with Crippen LogP contribution in [-0.2, 0) is 12.4 Å². The summed E-state index contributed by atoms with van der Waals surface area (Å²) in [4.78, 5) is 6.60. The average molecular weight is 349 g/mol. The summed E-state index contributed by atoms with van der Waals surface area (Å²) in [6.45, 7) is 4.80. The third-order valence-electron chi connectivity index (χ3n) is 3.23. The molecule has 2 aromatic rings. The Balaban J connectivity index is 2.42. The Hall–Kier alpha value is -0.650. The van der Waals surface area contributed by atoms with Crippen molar-refractivity contribution in [3.8, 4) is 0 Å². The van der Waals surface area contributed by atoms with Crippen molar-refractivity contribution in [1.82, 2.24) is 14.5 Å². The second-order valence-corrected chi connectivity index (χ2v) is 5.59. The number of imidazole rings is 1. The summed E-state index contributed by atoms with van der Waals surface area (Å²) >= 11 is 9.15. The Labute approximate surface area is 125 Å². The van der Waals surface area contributed by atoms with E-state index in [1.165, 1.54) is 6.07 Å². The third kappa shape index (κ3) is 3.09. The van der Waals surface area contributed by atoms with Gasteiger partial charge in [0.1, 0.15) is 11.6 Å². The van der Waals surface area contributed by atoms with Gasteiger partial charge in [0.2, 0.25) is 0 Å². The van der Waals surface area contributed by atoms with E-state index in [4.69, 9.17) is 11.6 Å². The molecule has 104 valence electrons. The van der Waals surface area contributed by atoms with Crippen LogP contribution in [0.2, 0.25) is 0 Å². The second kappa shape index (κ2) is 6.20. The predicted molar refractivity (Wildman–Crippen MR) is 80.1 cm³/mol. The summed E-state index contributed by atoms with van der Waals surface area (Å²) in [6, 6.07) is 3.20. The van der Waals surface area contributed by atoms with Crippen molar-refractivity contribution in [2.45, 2.75) is 19.3 Å². The Bertz CT molecular complexity index is 585. The predicted octanol–water partition coefficient (Wildman–Crippen LogP) is 3.63. The lowest BCUT2D eigenvalue weighted by atomic mass is 10.3. The van der Waals surface area contributed by atoms with Gasteiger partial charge in [0.05, 0.1) is 21.4 Å². The molecule has 1 aromatic carbocycles. The molecular weight excluding hydrogens is 333 g/mol. The summed E-state index contributed by atoms with van der Waals surface area (Å²) in [5.74, 6) is 0.798. The second-order valence-electron chi connectivity index (χ2n) is 4.46. The summed E-state index contributed by atoms with van der Waals surface area (Å²) in [5.41, 5.74) is 1.56. The molecule has 1 aromatic heterocycles. The number of halogens is 3. The minimum absolute atomic E-state index is 0.302. The van der Waals surface area contributed by atoms with Gasteiger partial charge in [0.25, 0.3) is 0 Å². The summed E-state index contributed by atoms with van der Waals surface area (Å²) < 4.78 is 16.0. The zero-order chi connectivity index (χ0) is 14.0. The molecule has 0 aliphatic heterocycles. The van der Waals surface area contributed by atoms with Gasteiger partial charge in [-0.3, -0.25) is 0 Å². The monoisotopic (exact) mass is 347 g/mol. The number of fused-ring (bicyclic) bond motifs is 1. The Morgan fingerprint density at radius 3 is 2.84 bits per heavy atom. The van der Waals surface area contributed by atoms with E-state index in [0.29, 0.717) is 15.9 Å². The van der Waals surface area contributed by atoms with Crippen molar-refractivity contribution in [2.24, 2.45) is 0 Å². The molecule has 0 radical (unpaired) electrons. The molecule has 0 amide bonds. The lowest BCUT2D eigenvalue weighted by Gasteiger charge is -2.15. The van der Waals surface area contributed by atoms with Crippen molar-refractivity contribution in [1.29, 1.82) is 0 Å². The number of alkyl halides is 1. The van der Waals surface area contributed by atoms with Crippen molar-refractivity contribution in [3.05, 3.63) is 28.2 Å². The first-order valence-corrected chi connectivity index (χ1v) is 7.48. The first kappa shape index (κ1) is 14.8. The first-order chi connectivity index (χ1) is 9.06. The molecule has 0 saturated heterocycles. The molecule has 0 spiro atoms. The van der Waals surface area contributed by atoms with E-state index in [2.05, 4.69) is 44.4 Å². The summed E-state index contributed by atoms with van der Waals surface area (Å²) in [7, 11) is 2.06. The Morgan fingerprint density at radius 2 is 2.21 bits per heavy atom. The fourth-order valence-corrected chi connectivity index (χ4v) is 2.49. The molecule has 0 aliphatic rings. The van der Waals surface area contributed by atoms with Gasteiger partial charge < -0.3 is 9.47 Å². The van der Waals surface area contributed by atoms with Crippen LogP contribution in [0.3, 0.4) is 0 Å². The zero-order valence-electron chi connectivity index (χ0n) is 11.0. The highest BCUT2D eigenvalue weighted by molar-refractivity contribution is 9.10. The standard InChI is InChI=1S/C13H16BrClFN3/c1-3-18(2)4-5-19-12-6-9(14)10(16)7-11(12)17-13(19)8-15/h6-7H,3-5,8H2,1-2H3. The van der Waals surface area contributed by atoms with Crippen LogP contribution >= 0.6 is 27.5 Å². The molecule has 6 heteroatoms. The molecule has 1 heterocycles. The smallest absolute Gasteiger partial charge is 0.139 e. The summed E-state index contributed by atoms with van der Waals surface area (Å²) in [6.07, 6.45) is 0. The van der Waals surface area contributed by atoms with Gasteiger partial charge in [-0.2, -0.15) is 0 Å². The lowest BCUT2D eigenvalue weighted by Crippen LogP contribution is -2.23. The number of likely N-dealkylation sites (N-methyl/N-ethyl adjacent to an activating group) is 1. The van der Waals surface area contributed by atoms with E-state index in [-0.39, 0.29) is 5.82 Å². The molecule has 19 heavy (non-hydrogen) atoms. The van der Waals surface area contributed by atoms with Crippen molar-refractivity contribution < 1.29 is 4.39 Å². The van der Waals surface area contributed by atoms with Gasteiger partial charge in [-0.25, -0.2) is 9.37 Å². The number of rotatable bonds is 5. The van der Waals surface area contributed by atoms with E-state index in [9.17, 15) is 4.39 Å². The van der Waals surface area contributed by atoms with Gasteiger partial charge in [0, 0.05) is 19.2 Å². The van der Waals surface area contributed by atoms with Crippen LogP contribution < -0.4 is 0 Å². The SMILES string of the molecule is CCN(C)CCn1c(CCl)nc2cc(F)c(Br)cc21. The quantitative estimate of drug-likeness (QED) is 0.769. The largest absolute Gasteiger partial charge is 0.326 e. The highest BCUT2D eigenvalue weighted by Gasteiger charge is 2.13. The highest BCUT2D eigenvalue weighted by atomic mass is 79.9. The minimum Gasteiger partial charge on any atom is -0.326 e. The van der Waals surface area contributed by atoms with Crippen molar-refractivity contribution in [2.75, 3.05) is 20.1 Å². The fourth-order valence-electron chi connectivity index (χ4n) is 1.95. The molecule has 0 aliphatic carbocycles. The fraction of sp³-hybridized carbons (Fsp3) is 0.462. The molecule has 0 fully saturated rings. The molecule has 0 unspecified atom stereocenters. The Morgan fingerprint density at radius 1 is 1.47 bits per heavy atom. The molecule has 0 atom stereocenters. The normalized spacial score (nSPS) is 11.7. The number of benzene rings is 1. The number of hydrogen-bond acceptors (Lipinski definition) is 2. The van der Waals surface area contributed by atoms with E-state index >= 15 is 0 Å². The van der Waals surface area contributed by atoms with Crippen molar-refractivity contribution in [3.63, 3.8) is 0 Å². The van der Waals surface area contributed by atoms with E-state index in [1.54, 1.807) is 6.07 Å². The molecule has 2 rings (SSSR count). The van der Waals surface area contributed by atoms with Crippen LogP contribution in [0.1, 0.15) is 12.7 Å². The van der Waals surface area contributed by atoms with Crippen molar-refractivity contribution >= 4 is 38.6 Å². The van der Waals surface area contributed by atoms with Crippen LogP contribution in [0.25, 0.3) is 11.0 Å². The van der Waals surface area contributed by atoms with Crippen LogP contribution in [0.15, 0.2) is 16.6 Å². The van der Waals surface area contributed by atoms with E-state index < -0.39 is 0 Å². The van der Waals surface area contributed by atoms with E-state index in [0.717, 1.165) is 31.0 Å². The number of nitrogens with zero attached hydrogens (tertiary/aromatic N) is 3. The van der Waals surface area contributed by atoms with E-state index in [1.807, 2.05) is 0 Å². The molecule has 3 nitrogen and oxygen atoms in total. The minimum atomic E-state index is -0.302. The van der Waals surface area contributed by atoms with Gasteiger partial charge in [-0.05, 0) is 35.6 Å². The third-order valence-corrected chi connectivity index (χ3v) is 4.08. The molecular formula is C13H16BrClFN3. The van der Waals surface area contributed by atoms with Gasteiger partial charge in [0.15, 0.2) is 0 Å². The van der Waals surface area contributed by atoms with Crippen LogP contribution in [0.5, 0.6) is 0 Å². The lowest BCUT2D eigenvalue weighted by molar-refractivity contribution is 0.335. The molecule has 0 bridgehead atoms. The van der Waals surface area contributed by atoms with Gasteiger partial charge in [-0.15, -0.1) is 11.6 Å². The van der Waals surface area contributed by atoms with Crippen LogP contribution in [0, 0.1) is 5.82 Å². The summed E-state index contributed by atoms with van der Waals surface area (Å²) in [5, 5.41) is 0. The number of hydrogen-bond donors (Lipinski definition) is 0. The van der Waals surface area contributed by atoms with Crippen LogP contribution in [0.4, 0.5) is 4.39 Å². The first-order valence-electron chi connectivity index (χ1n) is 6.15. The highest BCUT2D eigenvalue weighted by Crippen LogP contribution is 2.24. The molecule has 0 saturated carbocycles. The molecule has 0 N–H and O–H groups in total. The zero-order valence-corrected chi connectivity index (χ0v) is 13.3. The maximum atomic E-state index is 13.5. The average Bonchev–Trinajstić information content (AvgIpc) is 2.73. The van der Waals surface area contributed by atoms with Gasteiger partial charge in [-0.1, -0.05) is 6.92 Å². The van der Waals surface area contributed by atoms with Gasteiger partial charge >= 0.3 is 0 Å². The number of aromatic nitrogens is 2. The topological polar surface area (TPSA) is 21.1 Å².